The van der Waals surface area contributed by atoms with Gasteiger partial charge in [0.25, 0.3) is 5.91 Å². The van der Waals surface area contributed by atoms with Gasteiger partial charge in [0.15, 0.2) is 24.2 Å². The van der Waals surface area contributed by atoms with Crippen LogP contribution in [-0.4, -0.2) is 37.8 Å². The Kier molecular flexibility index (Phi) is 9.04. The normalized spacial score (nSPS) is 11.0. The molecule has 1 amide bonds. The first-order chi connectivity index (χ1) is 16.7. The van der Waals surface area contributed by atoms with Crippen LogP contribution in [0.25, 0.3) is 11.3 Å². The molecule has 0 saturated carbocycles. The number of pyridine rings is 1. The lowest BCUT2D eigenvalue weighted by Gasteiger charge is -2.17. The fourth-order valence-electron chi connectivity index (χ4n) is 3.31. The number of amides is 1. The van der Waals surface area contributed by atoms with Crippen LogP contribution in [0.3, 0.4) is 0 Å². The second-order valence-corrected chi connectivity index (χ2v) is 7.21. The number of hydrogen-bond acceptors (Lipinski definition) is 6. The van der Waals surface area contributed by atoms with Crippen LogP contribution in [0.2, 0.25) is 0 Å². The summed E-state index contributed by atoms with van der Waals surface area (Å²) >= 11 is 0. The minimum atomic E-state index is -0.871. The molecule has 2 aromatic carbocycles. The second-order valence-electron chi connectivity index (χ2n) is 7.21. The highest BCUT2D eigenvalue weighted by Gasteiger charge is 2.21. The lowest BCUT2D eigenvalue weighted by Crippen LogP contribution is -2.32. The van der Waals surface area contributed by atoms with Gasteiger partial charge >= 0.3 is 0 Å². The predicted octanol–water partition coefficient (Wildman–Crippen LogP) is 3.71. The summed E-state index contributed by atoms with van der Waals surface area (Å²) in [5.74, 6) is 3.12. The Morgan fingerprint density at radius 3 is 2.62 bits per heavy atom. The molecule has 34 heavy (non-hydrogen) atoms. The van der Waals surface area contributed by atoms with Crippen molar-refractivity contribution >= 4 is 5.91 Å². The Balaban J connectivity index is 1.63. The van der Waals surface area contributed by atoms with Gasteiger partial charge in [-0.2, -0.15) is 5.26 Å². The van der Waals surface area contributed by atoms with Gasteiger partial charge in [0, 0.05) is 23.9 Å². The predicted molar refractivity (Wildman–Crippen MR) is 128 cm³/mol. The van der Waals surface area contributed by atoms with Crippen molar-refractivity contribution in [2.45, 2.75) is 12.5 Å². The van der Waals surface area contributed by atoms with E-state index in [2.05, 4.69) is 16.2 Å². The zero-order valence-electron chi connectivity index (χ0n) is 18.9. The van der Waals surface area contributed by atoms with Crippen LogP contribution in [0.4, 0.5) is 0 Å². The summed E-state index contributed by atoms with van der Waals surface area (Å²) < 4.78 is 16.3. The molecule has 172 valence electrons. The van der Waals surface area contributed by atoms with Crippen molar-refractivity contribution in [3.8, 4) is 41.2 Å². The van der Waals surface area contributed by atoms with Crippen molar-refractivity contribution in [1.82, 2.24) is 10.3 Å². The first-order valence-electron chi connectivity index (χ1n) is 10.7. The van der Waals surface area contributed by atoms with E-state index in [0.29, 0.717) is 30.0 Å². The summed E-state index contributed by atoms with van der Waals surface area (Å²) in [4.78, 5) is 17.4. The standard InChI is InChI=1S/C27H25N3O4/c1-3-16-34-26(22-10-11-23(30-19-22)21-7-5-4-6-8-21)27(31)29-15-13-20-9-12-24(33-17-14-28)25(18-20)32-2/h1,4-12,18-19,26H,13,15-17H2,2H3,(H,29,31). The third-order valence-corrected chi connectivity index (χ3v) is 4.96. The molecule has 0 aliphatic heterocycles. The van der Waals surface area contributed by atoms with Crippen LogP contribution in [-0.2, 0) is 16.0 Å². The van der Waals surface area contributed by atoms with E-state index in [1.807, 2.05) is 60.7 Å². The number of nitrogens with zero attached hydrogens (tertiary/aromatic N) is 2. The largest absolute Gasteiger partial charge is 0.493 e. The molecule has 1 unspecified atom stereocenters. The van der Waals surface area contributed by atoms with Crippen LogP contribution >= 0.6 is 0 Å². The molecule has 1 N–H and O–H groups in total. The molecule has 1 atom stereocenters. The summed E-state index contributed by atoms with van der Waals surface area (Å²) in [6, 6.07) is 20.8. The first kappa shape index (κ1) is 24.3. The molecule has 1 aromatic heterocycles. The number of aromatic nitrogens is 1. The molecule has 7 nitrogen and oxygen atoms in total. The summed E-state index contributed by atoms with van der Waals surface area (Å²) in [5.41, 5.74) is 3.35. The lowest BCUT2D eigenvalue weighted by molar-refractivity contribution is -0.132. The van der Waals surface area contributed by atoms with E-state index >= 15 is 0 Å². The van der Waals surface area contributed by atoms with Crippen LogP contribution in [0, 0.1) is 23.7 Å². The van der Waals surface area contributed by atoms with Crippen molar-refractivity contribution in [1.29, 1.82) is 5.26 Å². The number of benzene rings is 2. The van der Waals surface area contributed by atoms with Crippen molar-refractivity contribution in [3.63, 3.8) is 0 Å². The van der Waals surface area contributed by atoms with Crippen molar-refractivity contribution in [2.75, 3.05) is 26.9 Å². The molecular formula is C27H25N3O4. The number of carbonyl (C=O) groups is 1. The van der Waals surface area contributed by atoms with Gasteiger partial charge in [-0.05, 0) is 30.2 Å². The molecule has 0 bridgehead atoms. The maximum Gasteiger partial charge on any atom is 0.253 e. The van der Waals surface area contributed by atoms with Gasteiger partial charge in [0.2, 0.25) is 0 Å². The zero-order chi connectivity index (χ0) is 24.2. The number of methoxy groups -OCH3 is 1. The fraction of sp³-hybridized carbons (Fsp3) is 0.222. The number of rotatable bonds is 11. The smallest absolute Gasteiger partial charge is 0.253 e. The van der Waals surface area contributed by atoms with Crippen molar-refractivity contribution in [3.05, 3.63) is 78.0 Å². The highest BCUT2D eigenvalue weighted by molar-refractivity contribution is 5.82. The van der Waals surface area contributed by atoms with Gasteiger partial charge in [-0.15, -0.1) is 6.42 Å². The molecule has 0 fully saturated rings. The van der Waals surface area contributed by atoms with Crippen LogP contribution in [0.1, 0.15) is 17.2 Å². The number of carbonyl (C=O) groups excluding carboxylic acids is 1. The molecule has 0 radical (unpaired) electrons. The summed E-state index contributed by atoms with van der Waals surface area (Å²) in [6.07, 6.45) is 6.66. The molecule has 1 heterocycles. The Labute approximate surface area is 199 Å². The van der Waals surface area contributed by atoms with E-state index in [0.717, 1.165) is 16.8 Å². The van der Waals surface area contributed by atoms with E-state index in [4.69, 9.17) is 25.9 Å². The first-order valence-corrected chi connectivity index (χ1v) is 10.7. The Bertz CT molecular complexity index is 1170. The zero-order valence-corrected chi connectivity index (χ0v) is 18.9. The van der Waals surface area contributed by atoms with Crippen LogP contribution < -0.4 is 14.8 Å². The summed E-state index contributed by atoms with van der Waals surface area (Å²) in [7, 11) is 1.53. The number of nitrogens with one attached hydrogen (secondary N) is 1. The van der Waals surface area contributed by atoms with Gasteiger partial charge in [-0.25, -0.2) is 0 Å². The highest BCUT2D eigenvalue weighted by atomic mass is 16.5. The SMILES string of the molecule is C#CCOC(C(=O)NCCc1ccc(OCC#N)c(OC)c1)c1ccc(-c2ccccc2)nc1. The Morgan fingerprint density at radius 2 is 1.94 bits per heavy atom. The molecule has 3 aromatic rings. The molecule has 3 rings (SSSR count). The van der Waals surface area contributed by atoms with E-state index < -0.39 is 6.10 Å². The Morgan fingerprint density at radius 1 is 1.12 bits per heavy atom. The van der Waals surface area contributed by atoms with E-state index in [1.54, 1.807) is 12.3 Å². The minimum absolute atomic E-state index is 0.000118. The molecule has 0 saturated heterocycles. The highest BCUT2D eigenvalue weighted by Crippen LogP contribution is 2.28. The van der Waals surface area contributed by atoms with Crippen LogP contribution in [0.15, 0.2) is 66.9 Å². The minimum Gasteiger partial charge on any atom is -0.493 e. The fourth-order valence-corrected chi connectivity index (χ4v) is 3.31. The quantitative estimate of drug-likeness (QED) is 0.443. The molecule has 7 heteroatoms. The number of ether oxygens (including phenoxy) is 3. The third kappa shape index (κ3) is 6.59. The molecule has 0 aliphatic rings. The van der Waals surface area contributed by atoms with Crippen molar-refractivity contribution in [2.24, 2.45) is 0 Å². The average Bonchev–Trinajstić information content (AvgIpc) is 2.89. The number of terminal acetylenes is 1. The van der Waals surface area contributed by atoms with Gasteiger partial charge in [0.05, 0.1) is 12.8 Å². The van der Waals surface area contributed by atoms with Gasteiger partial charge in [-0.1, -0.05) is 48.4 Å². The van der Waals surface area contributed by atoms with Crippen LogP contribution in [0.5, 0.6) is 11.5 Å². The van der Waals surface area contributed by atoms with Gasteiger partial charge < -0.3 is 19.5 Å². The van der Waals surface area contributed by atoms with Gasteiger partial charge in [0.1, 0.15) is 12.7 Å². The number of hydrogen-bond donors (Lipinski definition) is 1. The molecular weight excluding hydrogens is 430 g/mol. The van der Waals surface area contributed by atoms with E-state index in [-0.39, 0.29) is 19.1 Å². The van der Waals surface area contributed by atoms with E-state index in [1.165, 1.54) is 7.11 Å². The lowest BCUT2D eigenvalue weighted by atomic mass is 10.1. The van der Waals surface area contributed by atoms with Gasteiger partial charge in [-0.3, -0.25) is 9.78 Å². The monoisotopic (exact) mass is 455 g/mol. The maximum absolute atomic E-state index is 12.9. The third-order valence-electron chi connectivity index (χ3n) is 4.96. The second kappa shape index (κ2) is 12.6. The molecule has 0 aliphatic carbocycles. The summed E-state index contributed by atoms with van der Waals surface area (Å²) in [6.45, 7) is 0.317. The van der Waals surface area contributed by atoms with E-state index in [9.17, 15) is 4.79 Å². The molecule has 0 spiro atoms. The average molecular weight is 456 g/mol. The maximum atomic E-state index is 12.9. The van der Waals surface area contributed by atoms with Crippen molar-refractivity contribution < 1.29 is 19.0 Å². The summed E-state index contributed by atoms with van der Waals surface area (Å²) in [5, 5.41) is 11.6. The topological polar surface area (TPSA) is 93.5 Å². The number of nitriles is 1. The Hall–Kier alpha value is -4.33.